The molecule has 3 heterocycles. The summed E-state index contributed by atoms with van der Waals surface area (Å²) in [6, 6.07) is 13.6. The first kappa shape index (κ1) is 26.2. The van der Waals surface area contributed by atoms with Crippen molar-refractivity contribution in [2.24, 2.45) is 0 Å². The van der Waals surface area contributed by atoms with E-state index in [0.717, 1.165) is 16.6 Å². The molecular formula is C27H25Cl2N5O3. The number of rotatable bonds is 5. The maximum absolute atomic E-state index is 13.0. The monoisotopic (exact) mass is 537 g/mol. The van der Waals surface area contributed by atoms with Crippen LogP contribution < -0.4 is 15.5 Å². The normalized spacial score (nSPS) is 13.7. The largest absolute Gasteiger partial charge is 0.346 e. The lowest BCUT2D eigenvalue weighted by atomic mass is 9.86. The average Bonchev–Trinajstić information content (AvgIpc) is 3.39. The molecule has 0 fully saturated rings. The van der Waals surface area contributed by atoms with Crippen molar-refractivity contribution in [1.29, 1.82) is 0 Å². The van der Waals surface area contributed by atoms with Crippen LogP contribution in [0.15, 0.2) is 60.9 Å². The van der Waals surface area contributed by atoms with Crippen molar-refractivity contribution in [3.05, 3.63) is 82.6 Å². The molecule has 0 saturated carbocycles. The van der Waals surface area contributed by atoms with Crippen LogP contribution in [-0.4, -0.2) is 34.2 Å². The topological polar surface area (TPSA) is 107 Å². The second-order valence-electron chi connectivity index (χ2n) is 9.15. The van der Waals surface area contributed by atoms with Crippen LogP contribution in [0.1, 0.15) is 47.1 Å². The maximum atomic E-state index is 13.0. The van der Waals surface area contributed by atoms with E-state index in [2.05, 4.69) is 20.6 Å². The molecule has 3 N–H and O–H groups in total. The van der Waals surface area contributed by atoms with Gasteiger partial charge in [-0.15, -0.1) is 12.4 Å². The smallest absolute Gasteiger partial charge is 0.257 e. The molecule has 0 saturated heterocycles. The Labute approximate surface area is 224 Å². The number of nitrogens with one attached hydrogen (secondary N) is 3. The number of halogens is 2. The average molecular weight is 538 g/mol. The third-order valence-corrected chi connectivity index (χ3v) is 6.78. The number of anilines is 3. The summed E-state index contributed by atoms with van der Waals surface area (Å²) in [4.78, 5) is 47.7. The van der Waals surface area contributed by atoms with Gasteiger partial charge in [0.25, 0.3) is 11.8 Å². The summed E-state index contributed by atoms with van der Waals surface area (Å²) in [5.41, 5.74) is 3.24. The van der Waals surface area contributed by atoms with E-state index in [4.69, 9.17) is 11.6 Å². The van der Waals surface area contributed by atoms with Crippen LogP contribution in [0.5, 0.6) is 0 Å². The number of carbonyl (C=O) groups excluding carboxylic acids is 3. The highest BCUT2D eigenvalue weighted by Crippen LogP contribution is 2.42. The Morgan fingerprint density at radius 1 is 1.03 bits per heavy atom. The zero-order chi connectivity index (χ0) is 25.6. The van der Waals surface area contributed by atoms with Crippen LogP contribution in [0.3, 0.4) is 0 Å². The number of hydrogen-bond donors (Lipinski definition) is 3. The zero-order valence-corrected chi connectivity index (χ0v) is 22.0. The standard InChI is InChI=1S/C27H24ClN5O3.ClH/c1-4-33-22-8-6-17(13-20(22)27(2,3)26(33)36)31-24(34)16-5-7-21(28)19(12-16)25(35)32-18-11-15-9-10-29-23(15)30-14-18;/h5-14H,4H2,1-3H3,(H,29,30)(H,31,34)(H,32,35);1H. The Morgan fingerprint density at radius 3 is 2.54 bits per heavy atom. The number of pyridine rings is 1. The second kappa shape index (κ2) is 9.88. The van der Waals surface area contributed by atoms with Crippen LogP contribution >= 0.6 is 24.0 Å². The van der Waals surface area contributed by atoms with Gasteiger partial charge in [-0.1, -0.05) is 11.6 Å². The third kappa shape index (κ3) is 4.65. The van der Waals surface area contributed by atoms with Crippen molar-refractivity contribution in [2.45, 2.75) is 26.2 Å². The fraction of sp³-hybridized carbons (Fsp3) is 0.185. The molecule has 5 rings (SSSR count). The number of H-pyrrole nitrogens is 1. The lowest BCUT2D eigenvalue weighted by Crippen LogP contribution is -2.35. The van der Waals surface area contributed by atoms with Crippen LogP contribution in [0.2, 0.25) is 5.02 Å². The summed E-state index contributed by atoms with van der Waals surface area (Å²) in [5.74, 6) is -0.822. The number of carbonyl (C=O) groups is 3. The highest BCUT2D eigenvalue weighted by molar-refractivity contribution is 6.34. The van der Waals surface area contributed by atoms with Crippen LogP contribution in [-0.2, 0) is 10.2 Å². The Balaban J connectivity index is 0.00000320. The van der Waals surface area contributed by atoms with E-state index in [1.165, 1.54) is 12.1 Å². The fourth-order valence-corrected chi connectivity index (χ4v) is 4.68. The maximum Gasteiger partial charge on any atom is 0.257 e. The zero-order valence-electron chi connectivity index (χ0n) is 20.4. The minimum atomic E-state index is -0.685. The fourth-order valence-electron chi connectivity index (χ4n) is 4.48. The van der Waals surface area contributed by atoms with E-state index < -0.39 is 17.2 Å². The van der Waals surface area contributed by atoms with Gasteiger partial charge in [-0.25, -0.2) is 4.98 Å². The van der Waals surface area contributed by atoms with Crippen molar-refractivity contribution >= 4 is 69.8 Å². The Morgan fingerprint density at radius 2 is 1.78 bits per heavy atom. The van der Waals surface area contributed by atoms with Gasteiger partial charge in [0.2, 0.25) is 5.91 Å². The molecule has 0 radical (unpaired) electrons. The molecule has 2 aromatic heterocycles. The first-order valence-corrected chi connectivity index (χ1v) is 11.9. The molecule has 2 aromatic carbocycles. The molecule has 3 amide bonds. The number of fused-ring (bicyclic) bond motifs is 2. The van der Waals surface area contributed by atoms with Crippen LogP contribution in [0, 0.1) is 0 Å². The van der Waals surface area contributed by atoms with E-state index >= 15 is 0 Å². The predicted octanol–water partition coefficient (Wildman–Crippen LogP) is 5.79. The lowest BCUT2D eigenvalue weighted by molar-refractivity contribution is -0.122. The molecule has 8 nitrogen and oxygen atoms in total. The molecule has 0 spiro atoms. The van der Waals surface area contributed by atoms with E-state index in [1.54, 1.807) is 35.5 Å². The summed E-state index contributed by atoms with van der Waals surface area (Å²) in [7, 11) is 0. The van der Waals surface area contributed by atoms with E-state index in [1.807, 2.05) is 39.0 Å². The molecule has 0 unspecified atom stereocenters. The molecular weight excluding hydrogens is 513 g/mol. The van der Waals surface area contributed by atoms with Gasteiger partial charge in [0.15, 0.2) is 0 Å². The van der Waals surface area contributed by atoms with Crippen molar-refractivity contribution < 1.29 is 14.4 Å². The molecule has 0 bridgehead atoms. The van der Waals surface area contributed by atoms with Gasteiger partial charge in [-0.05, 0) is 74.9 Å². The van der Waals surface area contributed by atoms with Gasteiger partial charge in [-0.3, -0.25) is 14.4 Å². The first-order valence-electron chi connectivity index (χ1n) is 11.5. The van der Waals surface area contributed by atoms with Gasteiger partial charge in [-0.2, -0.15) is 0 Å². The highest BCUT2D eigenvalue weighted by Gasteiger charge is 2.43. The number of hydrogen-bond acceptors (Lipinski definition) is 4. The third-order valence-electron chi connectivity index (χ3n) is 6.45. The molecule has 0 atom stereocenters. The summed E-state index contributed by atoms with van der Waals surface area (Å²) in [5, 5.41) is 6.72. The van der Waals surface area contributed by atoms with E-state index in [-0.39, 0.29) is 34.5 Å². The number of aromatic nitrogens is 2. The molecule has 0 aliphatic carbocycles. The van der Waals surface area contributed by atoms with E-state index in [9.17, 15) is 14.4 Å². The minimum Gasteiger partial charge on any atom is -0.346 e. The van der Waals surface area contributed by atoms with Crippen molar-refractivity contribution in [3.63, 3.8) is 0 Å². The Bertz CT molecular complexity index is 1550. The van der Waals surface area contributed by atoms with Gasteiger partial charge in [0.05, 0.1) is 27.9 Å². The summed E-state index contributed by atoms with van der Waals surface area (Å²) < 4.78 is 0. The number of likely N-dealkylation sites (N-methyl/N-ethyl adjacent to an activating group) is 1. The summed E-state index contributed by atoms with van der Waals surface area (Å²) >= 11 is 6.29. The lowest BCUT2D eigenvalue weighted by Gasteiger charge is -2.18. The summed E-state index contributed by atoms with van der Waals surface area (Å²) in [6.07, 6.45) is 3.31. The number of nitrogens with zero attached hydrogens (tertiary/aromatic N) is 2. The highest BCUT2D eigenvalue weighted by atomic mass is 35.5. The second-order valence-corrected chi connectivity index (χ2v) is 9.56. The quantitative estimate of drug-likeness (QED) is 0.299. The van der Waals surface area contributed by atoms with Crippen molar-refractivity contribution in [2.75, 3.05) is 22.1 Å². The molecule has 4 aromatic rings. The molecule has 1 aliphatic heterocycles. The summed E-state index contributed by atoms with van der Waals surface area (Å²) in [6.45, 7) is 6.26. The van der Waals surface area contributed by atoms with Crippen LogP contribution in [0.25, 0.3) is 11.0 Å². The van der Waals surface area contributed by atoms with E-state index in [0.29, 0.717) is 23.6 Å². The van der Waals surface area contributed by atoms with Gasteiger partial charge < -0.3 is 20.5 Å². The number of aromatic amines is 1. The van der Waals surface area contributed by atoms with Gasteiger partial charge in [0, 0.05) is 35.1 Å². The molecule has 10 heteroatoms. The van der Waals surface area contributed by atoms with Crippen molar-refractivity contribution in [1.82, 2.24) is 9.97 Å². The molecule has 190 valence electrons. The van der Waals surface area contributed by atoms with Crippen LogP contribution in [0.4, 0.5) is 17.1 Å². The number of benzene rings is 2. The minimum absolute atomic E-state index is 0. The molecule has 1 aliphatic rings. The SMILES string of the molecule is CCN1C(=O)C(C)(C)c2cc(NC(=O)c3ccc(Cl)c(C(=O)Nc4cnc5[nH]ccc5c4)c3)ccc21.Cl. The molecule has 37 heavy (non-hydrogen) atoms. The van der Waals surface area contributed by atoms with Gasteiger partial charge >= 0.3 is 0 Å². The Hall–Kier alpha value is -3.88. The number of amides is 3. The Kier molecular flexibility index (Phi) is 6.99. The first-order chi connectivity index (χ1) is 17.2. The predicted molar refractivity (Wildman–Crippen MR) is 148 cm³/mol. The van der Waals surface area contributed by atoms with Gasteiger partial charge in [0.1, 0.15) is 5.65 Å². The van der Waals surface area contributed by atoms with Crippen molar-refractivity contribution in [3.8, 4) is 0 Å².